The summed E-state index contributed by atoms with van der Waals surface area (Å²) in [6.07, 6.45) is 0.651. The van der Waals surface area contributed by atoms with E-state index in [4.69, 9.17) is 9.47 Å². The van der Waals surface area contributed by atoms with Gasteiger partial charge in [0.25, 0.3) is 10.1 Å². The molecule has 0 amide bonds. The van der Waals surface area contributed by atoms with E-state index in [1.807, 2.05) is 37.3 Å². The van der Waals surface area contributed by atoms with Crippen LogP contribution in [0.4, 0.5) is 0 Å². The van der Waals surface area contributed by atoms with Crippen molar-refractivity contribution in [2.24, 2.45) is 0 Å². The predicted molar refractivity (Wildman–Crippen MR) is 97.0 cm³/mol. The van der Waals surface area contributed by atoms with E-state index in [2.05, 4.69) is 0 Å². The molecule has 0 aromatic heterocycles. The molecule has 0 bridgehead atoms. The Hall–Kier alpha value is -1.89. The fraction of sp³-hybridized carbons (Fsp3) is 0.368. The normalized spacial score (nSPS) is 14.0. The van der Waals surface area contributed by atoms with Crippen molar-refractivity contribution in [2.75, 3.05) is 6.61 Å². The summed E-state index contributed by atoms with van der Waals surface area (Å²) in [6, 6.07) is 16.4. The molecule has 0 saturated carbocycles. The van der Waals surface area contributed by atoms with Crippen molar-refractivity contribution in [2.45, 2.75) is 38.2 Å². The molecule has 0 fully saturated rings. The summed E-state index contributed by atoms with van der Waals surface area (Å²) in [5.41, 5.74) is 1.28. The number of hydrogen-bond acceptors (Lipinski definition) is 4. The van der Waals surface area contributed by atoms with Crippen molar-refractivity contribution in [3.63, 3.8) is 0 Å². The minimum Gasteiger partial charge on any atom is -0.488 e. The van der Waals surface area contributed by atoms with Crippen LogP contribution in [0.25, 0.3) is 0 Å². The summed E-state index contributed by atoms with van der Waals surface area (Å²) in [5.74, 6) is 0.380. The Labute approximate surface area is 149 Å². The van der Waals surface area contributed by atoms with Gasteiger partial charge in [-0.25, -0.2) is 0 Å². The summed E-state index contributed by atoms with van der Waals surface area (Å²) in [6.45, 7) is 3.97. The van der Waals surface area contributed by atoms with E-state index in [0.29, 0.717) is 17.7 Å². The zero-order valence-corrected chi connectivity index (χ0v) is 15.3. The van der Waals surface area contributed by atoms with Gasteiger partial charge in [0, 0.05) is 12.2 Å². The lowest BCUT2D eigenvalue weighted by Crippen LogP contribution is -2.39. The van der Waals surface area contributed by atoms with Crippen LogP contribution in [0.2, 0.25) is 0 Å². The fourth-order valence-corrected chi connectivity index (χ4v) is 4.01. The molecule has 1 atom stereocenters. The molecule has 0 aliphatic rings. The van der Waals surface area contributed by atoms with Crippen molar-refractivity contribution in [1.29, 1.82) is 0 Å². The van der Waals surface area contributed by atoms with Gasteiger partial charge in [0.2, 0.25) is 4.93 Å². The van der Waals surface area contributed by atoms with Gasteiger partial charge in [-0.1, -0.05) is 61.9 Å². The molecule has 0 radical (unpaired) electrons. The van der Waals surface area contributed by atoms with Crippen LogP contribution in [0.3, 0.4) is 0 Å². The Morgan fingerprint density at radius 2 is 1.64 bits per heavy atom. The number of hydrogen-bond donors (Lipinski definition) is 1. The van der Waals surface area contributed by atoms with Crippen molar-refractivity contribution in [1.82, 2.24) is 0 Å². The highest BCUT2D eigenvalue weighted by atomic mass is 32.2. The molecule has 0 saturated heterocycles. The maximum Gasteiger partial charge on any atom is 0.299 e. The van der Waals surface area contributed by atoms with E-state index >= 15 is 0 Å². The molecule has 6 heteroatoms. The molecule has 136 valence electrons. The lowest BCUT2D eigenvalue weighted by atomic mass is 10.0. The Kier molecular flexibility index (Phi) is 6.58. The maximum absolute atomic E-state index is 12.2. The molecular weight excluding hydrogens is 340 g/mol. The minimum atomic E-state index is -4.51. The number of para-hydroxylation sites is 1. The van der Waals surface area contributed by atoms with Gasteiger partial charge in [-0.15, -0.1) is 0 Å². The summed E-state index contributed by atoms with van der Waals surface area (Å²) in [5, 5.41) is 0. The van der Waals surface area contributed by atoms with E-state index in [1.165, 1.54) is 0 Å². The summed E-state index contributed by atoms with van der Waals surface area (Å²) in [7, 11) is -4.51. The number of rotatable bonds is 9. The van der Waals surface area contributed by atoms with Gasteiger partial charge in [-0.3, -0.25) is 4.55 Å². The first-order chi connectivity index (χ1) is 11.9. The second kappa shape index (κ2) is 8.47. The zero-order chi connectivity index (χ0) is 18.3. The average Bonchev–Trinajstić information content (AvgIpc) is 2.60. The lowest BCUT2D eigenvalue weighted by molar-refractivity contribution is 0.00729. The van der Waals surface area contributed by atoms with E-state index < -0.39 is 15.1 Å². The fourth-order valence-electron chi connectivity index (χ4n) is 2.83. The van der Waals surface area contributed by atoms with Crippen LogP contribution in [0, 0.1) is 0 Å². The average molecular weight is 364 g/mol. The van der Waals surface area contributed by atoms with E-state index in [0.717, 1.165) is 5.56 Å². The van der Waals surface area contributed by atoms with E-state index in [1.54, 1.807) is 31.2 Å². The zero-order valence-electron chi connectivity index (χ0n) is 14.5. The first-order valence-corrected chi connectivity index (χ1v) is 9.76. The monoisotopic (exact) mass is 364 g/mol. The molecule has 2 aromatic carbocycles. The van der Waals surface area contributed by atoms with Gasteiger partial charge < -0.3 is 9.47 Å². The number of benzene rings is 2. The largest absolute Gasteiger partial charge is 0.488 e. The minimum absolute atomic E-state index is 0.130. The smallest absolute Gasteiger partial charge is 0.299 e. The van der Waals surface area contributed by atoms with Crippen molar-refractivity contribution in [3.8, 4) is 5.75 Å². The molecule has 0 spiro atoms. The Morgan fingerprint density at radius 1 is 1.00 bits per heavy atom. The first kappa shape index (κ1) is 19.4. The quantitative estimate of drug-likeness (QED) is 0.677. The highest BCUT2D eigenvalue weighted by molar-refractivity contribution is 7.86. The highest BCUT2D eigenvalue weighted by Crippen LogP contribution is 2.41. The molecule has 25 heavy (non-hydrogen) atoms. The Balaban J connectivity index is 2.44. The second-order valence-electron chi connectivity index (χ2n) is 5.68. The van der Waals surface area contributed by atoms with Crippen LogP contribution in [-0.2, 0) is 26.4 Å². The molecule has 0 aliphatic carbocycles. The molecule has 5 nitrogen and oxygen atoms in total. The van der Waals surface area contributed by atoms with Gasteiger partial charge >= 0.3 is 0 Å². The molecule has 1 unspecified atom stereocenters. The summed E-state index contributed by atoms with van der Waals surface area (Å²) < 4.78 is 45.9. The third kappa shape index (κ3) is 4.39. The molecule has 0 aliphatic heterocycles. The highest BCUT2D eigenvalue weighted by Gasteiger charge is 2.47. The molecule has 0 heterocycles. The predicted octanol–water partition coefficient (Wildman–Crippen LogP) is 4.14. The Bertz CT molecular complexity index is 765. The topological polar surface area (TPSA) is 72.8 Å². The first-order valence-electron chi connectivity index (χ1n) is 8.31. The molecule has 2 rings (SSSR count). The van der Waals surface area contributed by atoms with Crippen LogP contribution in [0.15, 0.2) is 54.6 Å². The van der Waals surface area contributed by atoms with Gasteiger partial charge in [0.15, 0.2) is 0 Å². The lowest BCUT2D eigenvalue weighted by Gasteiger charge is -2.32. The molecule has 2 aromatic rings. The van der Waals surface area contributed by atoms with Crippen molar-refractivity contribution >= 4 is 10.1 Å². The van der Waals surface area contributed by atoms with Gasteiger partial charge in [0.05, 0.1) is 0 Å². The van der Waals surface area contributed by atoms with E-state index in [9.17, 15) is 13.0 Å². The Morgan fingerprint density at radius 3 is 2.24 bits per heavy atom. The van der Waals surface area contributed by atoms with Crippen LogP contribution >= 0.6 is 0 Å². The second-order valence-corrected chi connectivity index (χ2v) is 7.29. The SMILES string of the molecule is CCCC(OCC)(c1ccccc1OCc1ccccc1)S(=O)(=O)O. The molecule has 1 N–H and O–H groups in total. The number of ether oxygens (including phenoxy) is 2. The summed E-state index contributed by atoms with van der Waals surface area (Å²) >= 11 is 0. The van der Waals surface area contributed by atoms with Crippen LogP contribution in [-0.4, -0.2) is 19.6 Å². The maximum atomic E-state index is 12.2. The standard InChI is InChI=1S/C19H24O5S/c1-3-14-19(24-4-2,25(20,21)22)17-12-8-9-13-18(17)23-15-16-10-6-5-7-11-16/h5-13H,3-4,14-15H2,1-2H3,(H,20,21,22). The van der Waals surface area contributed by atoms with Crippen molar-refractivity contribution in [3.05, 3.63) is 65.7 Å². The summed E-state index contributed by atoms with van der Waals surface area (Å²) in [4.78, 5) is -1.83. The van der Waals surface area contributed by atoms with Crippen molar-refractivity contribution < 1.29 is 22.4 Å². The van der Waals surface area contributed by atoms with Crippen LogP contribution < -0.4 is 4.74 Å². The van der Waals surface area contributed by atoms with Crippen LogP contribution in [0.1, 0.15) is 37.8 Å². The van der Waals surface area contributed by atoms with Crippen LogP contribution in [0.5, 0.6) is 5.75 Å². The van der Waals surface area contributed by atoms with E-state index in [-0.39, 0.29) is 19.6 Å². The van der Waals surface area contributed by atoms with Gasteiger partial charge in [0.1, 0.15) is 12.4 Å². The van der Waals surface area contributed by atoms with Gasteiger partial charge in [-0.2, -0.15) is 8.42 Å². The molecular formula is C19H24O5S. The third-order valence-corrected chi connectivity index (χ3v) is 5.28. The third-order valence-electron chi connectivity index (χ3n) is 3.91. The van der Waals surface area contributed by atoms with Gasteiger partial charge in [-0.05, 0) is 25.0 Å².